The van der Waals surface area contributed by atoms with Crippen LogP contribution < -0.4 is 0 Å². The molecule has 2 nitrogen and oxygen atoms in total. The lowest BCUT2D eigenvalue weighted by molar-refractivity contribution is 0.821. The molecule has 0 bridgehead atoms. The van der Waals surface area contributed by atoms with Gasteiger partial charge >= 0.3 is 0 Å². The van der Waals surface area contributed by atoms with Crippen LogP contribution in [0, 0.1) is 0 Å². The molecular weight excluding hydrogens is 160 g/mol. The lowest BCUT2D eigenvalue weighted by Crippen LogP contribution is -2.16. The summed E-state index contributed by atoms with van der Waals surface area (Å²) in [5.74, 6) is 0. The third-order valence-corrected chi connectivity index (χ3v) is 2.46. The summed E-state index contributed by atoms with van der Waals surface area (Å²) in [6.07, 6.45) is 7.77. The third-order valence-electron chi connectivity index (χ3n) is 2.46. The van der Waals surface area contributed by atoms with Crippen LogP contribution in [-0.4, -0.2) is 12.4 Å². The van der Waals surface area contributed by atoms with E-state index < -0.39 is 0 Å². The standard InChI is InChI=1S/C11H8N2/c1-2-5-10-9(4-1)11(8-12-10)6-3-7-13-11/h1-8H. The Morgan fingerprint density at radius 1 is 1.15 bits per heavy atom. The molecule has 0 radical (unpaired) electrons. The van der Waals surface area contributed by atoms with Gasteiger partial charge in [-0.15, -0.1) is 0 Å². The van der Waals surface area contributed by atoms with Crippen LogP contribution in [0.5, 0.6) is 0 Å². The lowest BCUT2D eigenvalue weighted by Gasteiger charge is -2.14. The first-order valence-electron chi connectivity index (χ1n) is 4.28. The van der Waals surface area contributed by atoms with Gasteiger partial charge in [-0.1, -0.05) is 18.2 Å². The first kappa shape index (κ1) is 6.78. The van der Waals surface area contributed by atoms with Crippen LogP contribution >= 0.6 is 0 Å². The normalized spacial score (nSPS) is 27.4. The van der Waals surface area contributed by atoms with Gasteiger partial charge < -0.3 is 0 Å². The Morgan fingerprint density at radius 3 is 2.92 bits per heavy atom. The van der Waals surface area contributed by atoms with Crippen molar-refractivity contribution in [2.24, 2.45) is 9.98 Å². The van der Waals surface area contributed by atoms with Crippen molar-refractivity contribution in [3.63, 3.8) is 0 Å². The average Bonchev–Trinajstić information content (AvgIpc) is 2.78. The van der Waals surface area contributed by atoms with Gasteiger partial charge in [0.25, 0.3) is 0 Å². The average molecular weight is 168 g/mol. The zero-order chi connectivity index (χ0) is 8.73. The molecule has 2 aliphatic rings. The van der Waals surface area contributed by atoms with E-state index >= 15 is 0 Å². The summed E-state index contributed by atoms with van der Waals surface area (Å²) in [4.78, 5) is 8.77. The van der Waals surface area contributed by atoms with Crippen molar-refractivity contribution < 1.29 is 0 Å². The summed E-state index contributed by atoms with van der Waals surface area (Å²) >= 11 is 0. The molecule has 0 aliphatic carbocycles. The Hall–Kier alpha value is -1.70. The first-order chi connectivity index (χ1) is 6.41. The Labute approximate surface area is 76.3 Å². The predicted octanol–water partition coefficient (Wildman–Crippen LogP) is 2.24. The maximum Gasteiger partial charge on any atom is 0.141 e. The number of rotatable bonds is 0. The van der Waals surface area contributed by atoms with Crippen molar-refractivity contribution in [2.45, 2.75) is 5.54 Å². The molecule has 0 saturated heterocycles. The highest BCUT2D eigenvalue weighted by Crippen LogP contribution is 2.39. The van der Waals surface area contributed by atoms with Crippen molar-refractivity contribution in [2.75, 3.05) is 0 Å². The Morgan fingerprint density at radius 2 is 2.08 bits per heavy atom. The van der Waals surface area contributed by atoms with E-state index in [0.29, 0.717) is 0 Å². The first-order valence-corrected chi connectivity index (χ1v) is 4.28. The van der Waals surface area contributed by atoms with Gasteiger partial charge in [-0.3, -0.25) is 9.98 Å². The van der Waals surface area contributed by atoms with E-state index in [4.69, 9.17) is 0 Å². The largest absolute Gasteiger partial charge is 0.272 e. The van der Waals surface area contributed by atoms with Crippen LogP contribution in [0.25, 0.3) is 0 Å². The molecule has 0 saturated carbocycles. The minimum absolute atomic E-state index is 0.281. The van der Waals surface area contributed by atoms with Gasteiger partial charge in [-0.25, -0.2) is 0 Å². The SMILES string of the molecule is C1=CC2(C=Nc3ccccc32)N=C1. The number of fused-ring (bicyclic) bond motifs is 2. The maximum absolute atomic E-state index is 4.42. The van der Waals surface area contributed by atoms with Crippen LogP contribution in [0.1, 0.15) is 5.56 Å². The number of para-hydroxylation sites is 1. The van der Waals surface area contributed by atoms with E-state index in [9.17, 15) is 0 Å². The van der Waals surface area contributed by atoms with Crippen molar-refractivity contribution in [3.8, 4) is 0 Å². The second kappa shape index (κ2) is 2.16. The lowest BCUT2D eigenvalue weighted by atomic mass is 9.94. The van der Waals surface area contributed by atoms with Gasteiger partial charge in [-0.2, -0.15) is 0 Å². The summed E-state index contributed by atoms with van der Waals surface area (Å²) in [7, 11) is 0. The second-order valence-electron chi connectivity index (χ2n) is 3.24. The minimum Gasteiger partial charge on any atom is -0.272 e. The van der Waals surface area contributed by atoms with Gasteiger partial charge in [-0.05, 0) is 18.2 Å². The van der Waals surface area contributed by atoms with Gasteiger partial charge in [0, 0.05) is 18.0 Å². The summed E-state index contributed by atoms with van der Waals surface area (Å²) in [6, 6.07) is 8.12. The molecule has 0 N–H and O–H groups in total. The van der Waals surface area contributed by atoms with Crippen molar-refractivity contribution >= 4 is 18.1 Å². The Balaban J connectivity index is 2.28. The van der Waals surface area contributed by atoms with E-state index in [0.717, 1.165) is 5.69 Å². The molecule has 13 heavy (non-hydrogen) atoms. The molecule has 3 rings (SSSR count). The highest BCUT2D eigenvalue weighted by atomic mass is 14.9. The number of allylic oxidation sites excluding steroid dienone is 1. The van der Waals surface area contributed by atoms with Crippen LogP contribution in [0.3, 0.4) is 0 Å². The number of aliphatic imine (C=N–C) groups is 2. The minimum atomic E-state index is -0.281. The molecular formula is C11H8N2. The van der Waals surface area contributed by atoms with E-state index in [1.807, 2.05) is 36.7 Å². The maximum atomic E-state index is 4.42. The van der Waals surface area contributed by atoms with E-state index in [2.05, 4.69) is 22.1 Å². The van der Waals surface area contributed by atoms with Gasteiger partial charge in [0.15, 0.2) is 0 Å². The molecule has 2 heterocycles. The molecule has 2 heteroatoms. The van der Waals surface area contributed by atoms with E-state index in [1.54, 1.807) is 0 Å². The summed E-state index contributed by atoms with van der Waals surface area (Å²) in [5, 5.41) is 0. The third kappa shape index (κ3) is 0.773. The molecule has 0 aromatic heterocycles. The highest BCUT2D eigenvalue weighted by Gasteiger charge is 2.33. The molecule has 1 unspecified atom stereocenters. The number of hydrogen-bond donors (Lipinski definition) is 0. The van der Waals surface area contributed by atoms with Crippen molar-refractivity contribution in [3.05, 3.63) is 42.0 Å². The molecule has 1 spiro atoms. The summed E-state index contributed by atoms with van der Waals surface area (Å²) in [6.45, 7) is 0. The van der Waals surface area contributed by atoms with Crippen molar-refractivity contribution in [1.29, 1.82) is 0 Å². The zero-order valence-corrected chi connectivity index (χ0v) is 7.01. The molecule has 0 amide bonds. The van der Waals surface area contributed by atoms with E-state index in [1.165, 1.54) is 5.56 Å². The van der Waals surface area contributed by atoms with Crippen molar-refractivity contribution in [1.82, 2.24) is 0 Å². The fourth-order valence-electron chi connectivity index (χ4n) is 1.80. The van der Waals surface area contributed by atoms with Crippen LogP contribution in [0.4, 0.5) is 5.69 Å². The molecule has 1 atom stereocenters. The zero-order valence-electron chi connectivity index (χ0n) is 7.01. The summed E-state index contributed by atoms with van der Waals surface area (Å²) in [5.41, 5.74) is 1.93. The Bertz CT molecular complexity index is 429. The molecule has 0 fully saturated rings. The number of hydrogen-bond acceptors (Lipinski definition) is 2. The monoisotopic (exact) mass is 168 g/mol. The Kier molecular flexibility index (Phi) is 1.13. The molecule has 62 valence electrons. The molecule has 1 aromatic rings. The van der Waals surface area contributed by atoms with Crippen LogP contribution in [0.2, 0.25) is 0 Å². The predicted molar refractivity (Wildman–Crippen MR) is 53.9 cm³/mol. The highest BCUT2D eigenvalue weighted by molar-refractivity contribution is 5.93. The van der Waals surface area contributed by atoms with E-state index in [-0.39, 0.29) is 5.54 Å². The van der Waals surface area contributed by atoms with Crippen LogP contribution in [-0.2, 0) is 5.54 Å². The fraction of sp³-hybridized carbons (Fsp3) is 0.0909. The second-order valence-corrected chi connectivity index (χ2v) is 3.24. The van der Waals surface area contributed by atoms with Crippen LogP contribution in [0.15, 0.2) is 46.4 Å². The van der Waals surface area contributed by atoms with Gasteiger partial charge in [0.1, 0.15) is 5.54 Å². The topological polar surface area (TPSA) is 24.7 Å². The quantitative estimate of drug-likeness (QED) is 0.567. The molecule has 2 aliphatic heterocycles. The van der Waals surface area contributed by atoms with Gasteiger partial charge in [0.05, 0.1) is 5.69 Å². The number of benzene rings is 1. The number of nitrogens with zero attached hydrogens (tertiary/aromatic N) is 2. The smallest absolute Gasteiger partial charge is 0.141 e. The summed E-state index contributed by atoms with van der Waals surface area (Å²) < 4.78 is 0. The molecule has 1 aromatic carbocycles. The van der Waals surface area contributed by atoms with Gasteiger partial charge in [0.2, 0.25) is 0 Å². The fourth-order valence-corrected chi connectivity index (χ4v) is 1.80.